The fraction of sp³-hybridized carbons (Fsp3) is 0.429. The van der Waals surface area contributed by atoms with E-state index in [-0.39, 0.29) is 11.5 Å². The van der Waals surface area contributed by atoms with Crippen LogP contribution in [0.25, 0.3) is 11.3 Å². The van der Waals surface area contributed by atoms with Crippen molar-refractivity contribution in [2.24, 2.45) is 0 Å². The summed E-state index contributed by atoms with van der Waals surface area (Å²) in [5.41, 5.74) is 1.99. The third-order valence-corrected chi connectivity index (χ3v) is 5.81. The largest absolute Gasteiger partial charge is 0.216 e. The average Bonchev–Trinajstić information content (AvgIpc) is 2.68. The van der Waals surface area contributed by atoms with Gasteiger partial charge in [-0.05, 0) is 43.9 Å². The van der Waals surface area contributed by atoms with E-state index >= 15 is 4.39 Å². The van der Waals surface area contributed by atoms with Crippen LogP contribution in [0.2, 0.25) is 0 Å². The van der Waals surface area contributed by atoms with E-state index in [9.17, 15) is 9.65 Å². The van der Waals surface area contributed by atoms with Crippen molar-refractivity contribution in [3.05, 3.63) is 52.7 Å². The normalized spacial score (nSPS) is 18.0. The molecule has 1 aromatic carbocycles. The first kappa shape index (κ1) is 17.5. The minimum atomic E-state index is -0.765. The van der Waals surface area contributed by atoms with Crippen LogP contribution in [0, 0.1) is 29.9 Å². The van der Waals surface area contributed by atoms with Gasteiger partial charge in [-0.25, -0.2) is 8.78 Å². The minimum Gasteiger partial charge on any atom is -0.205 e. The first-order chi connectivity index (χ1) is 11.9. The Morgan fingerprint density at radius 3 is 2.56 bits per heavy atom. The van der Waals surface area contributed by atoms with Crippen molar-refractivity contribution >= 4 is 0 Å². The summed E-state index contributed by atoms with van der Waals surface area (Å²) in [5, 5.41) is 9.23. The van der Waals surface area contributed by atoms with Gasteiger partial charge in [-0.3, -0.25) is 0 Å². The smallest absolute Gasteiger partial charge is 0.205 e. The van der Waals surface area contributed by atoms with E-state index in [0.717, 1.165) is 30.5 Å². The predicted molar refractivity (Wildman–Crippen MR) is 93.0 cm³/mol. The molecule has 130 valence electrons. The van der Waals surface area contributed by atoms with Crippen LogP contribution in [0.3, 0.4) is 0 Å². The molecule has 1 aromatic heterocycles. The second-order valence-electron chi connectivity index (χ2n) is 7.12. The van der Waals surface area contributed by atoms with Crippen molar-refractivity contribution in [2.75, 3.05) is 0 Å². The first-order valence-electron chi connectivity index (χ1n) is 8.83. The zero-order chi connectivity index (χ0) is 18.4. The molecule has 0 radical (unpaired) electrons. The lowest BCUT2D eigenvalue weighted by molar-refractivity contribution is -0.710. The van der Waals surface area contributed by atoms with Crippen LogP contribution in [-0.4, -0.2) is 0 Å². The lowest BCUT2D eigenvalue weighted by Gasteiger charge is -2.32. The molecule has 0 spiro atoms. The van der Waals surface area contributed by atoms with E-state index in [4.69, 9.17) is 0 Å². The van der Waals surface area contributed by atoms with E-state index in [1.54, 1.807) is 6.07 Å². The van der Waals surface area contributed by atoms with Crippen molar-refractivity contribution in [1.29, 1.82) is 5.26 Å². The summed E-state index contributed by atoms with van der Waals surface area (Å²) in [6.07, 6.45) is 4.35. The van der Waals surface area contributed by atoms with E-state index in [1.807, 2.05) is 25.3 Å². The van der Waals surface area contributed by atoms with Gasteiger partial charge in [-0.1, -0.05) is 13.8 Å². The average molecular weight is 341 g/mol. The van der Waals surface area contributed by atoms with Gasteiger partial charge in [0.2, 0.25) is 5.69 Å². The van der Waals surface area contributed by atoms with Crippen molar-refractivity contribution in [1.82, 2.24) is 0 Å². The maximum atomic E-state index is 15.3. The minimum absolute atomic E-state index is 0.149. The summed E-state index contributed by atoms with van der Waals surface area (Å²) in [6, 6.07) is 7.17. The summed E-state index contributed by atoms with van der Waals surface area (Å²) in [7, 11) is 0. The summed E-state index contributed by atoms with van der Waals surface area (Å²) in [6.45, 7) is 8.21. The third kappa shape index (κ3) is 2.54. The highest BCUT2D eigenvalue weighted by Crippen LogP contribution is 2.46. The second-order valence-corrected chi connectivity index (χ2v) is 7.12. The lowest BCUT2D eigenvalue weighted by atomic mass is 9.70. The van der Waals surface area contributed by atoms with Crippen LogP contribution >= 0.6 is 0 Å². The molecule has 0 fully saturated rings. The Kier molecular flexibility index (Phi) is 4.36. The Bertz CT molecular complexity index is 876. The highest BCUT2D eigenvalue weighted by atomic mass is 19.1. The number of aryl methyl sites for hydroxylation is 1. The number of nitrogens with zero attached hydrogens (tertiary/aromatic N) is 2. The molecule has 2 nitrogen and oxygen atoms in total. The van der Waals surface area contributed by atoms with Crippen molar-refractivity contribution in [3.8, 4) is 17.3 Å². The highest BCUT2D eigenvalue weighted by molar-refractivity contribution is 5.68. The molecule has 0 aliphatic carbocycles. The number of benzene rings is 1. The predicted octanol–water partition coefficient (Wildman–Crippen LogP) is 5.12. The number of hydrogen-bond acceptors (Lipinski definition) is 1. The van der Waals surface area contributed by atoms with Crippen LogP contribution in [-0.2, 0) is 5.41 Å². The molecule has 0 bridgehead atoms. The van der Waals surface area contributed by atoms with Crippen LogP contribution in [0.1, 0.15) is 62.8 Å². The highest BCUT2D eigenvalue weighted by Gasteiger charge is 2.43. The molecular weight excluding hydrogens is 318 g/mol. The molecule has 0 saturated heterocycles. The molecule has 1 aliphatic rings. The second kappa shape index (κ2) is 6.22. The number of hydrogen-bond donors (Lipinski definition) is 0. The van der Waals surface area contributed by atoms with Crippen LogP contribution < -0.4 is 4.57 Å². The summed E-state index contributed by atoms with van der Waals surface area (Å²) < 4.78 is 31.8. The molecule has 4 heteroatoms. The fourth-order valence-corrected chi connectivity index (χ4v) is 4.29. The van der Waals surface area contributed by atoms with Gasteiger partial charge in [0.1, 0.15) is 17.4 Å². The summed E-state index contributed by atoms with van der Waals surface area (Å²) in [5.74, 6) is -1.50. The van der Waals surface area contributed by atoms with Crippen LogP contribution in [0.5, 0.6) is 0 Å². The molecule has 0 amide bonds. The summed E-state index contributed by atoms with van der Waals surface area (Å²) >= 11 is 0. The Labute approximate surface area is 147 Å². The molecule has 2 heterocycles. The maximum Gasteiger partial charge on any atom is 0.216 e. The number of pyridine rings is 1. The van der Waals surface area contributed by atoms with Gasteiger partial charge in [0.25, 0.3) is 0 Å². The number of rotatable bonds is 2. The fourth-order valence-electron chi connectivity index (χ4n) is 4.29. The van der Waals surface area contributed by atoms with Gasteiger partial charge in [-0.15, -0.1) is 0 Å². The van der Waals surface area contributed by atoms with E-state index < -0.39 is 17.2 Å². The maximum absolute atomic E-state index is 15.3. The Balaban J connectivity index is 2.50. The molecule has 1 unspecified atom stereocenters. The number of aromatic nitrogens is 1. The van der Waals surface area contributed by atoms with Gasteiger partial charge >= 0.3 is 0 Å². The Morgan fingerprint density at radius 2 is 1.96 bits per heavy atom. The van der Waals surface area contributed by atoms with Gasteiger partial charge in [0.15, 0.2) is 18.1 Å². The molecule has 25 heavy (non-hydrogen) atoms. The zero-order valence-electron chi connectivity index (χ0n) is 15.2. The molecule has 2 aromatic rings. The monoisotopic (exact) mass is 341 g/mol. The Morgan fingerprint density at radius 1 is 1.28 bits per heavy atom. The standard InChI is InChI=1S/C21H23F2N2/c1-5-21(6-2)11-14(4)25-8-7-13(3)9-18(25)19-16(21)10-17(22)15(12-24)20(19)23/h7-10,14H,5-6,11H2,1-4H3/q+1. The molecule has 1 atom stereocenters. The number of halogens is 2. The quantitative estimate of drug-likeness (QED) is 0.697. The van der Waals surface area contributed by atoms with Gasteiger partial charge in [-0.2, -0.15) is 9.83 Å². The molecule has 0 saturated carbocycles. The third-order valence-electron chi connectivity index (χ3n) is 5.81. The van der Waals surface area contributed by atoms with Gasteiger partial charge in [0.05, 0.1) is 5.56 Å². The van der Waals surface area contributed by atoms with Crippen LogP contribution in [0.15, 0.2) is 24.4 Å². The van der Waals surface area contributed by atoms with Crippen LogP contribution in [0.4, 0.5) is 8.78 Å². The molecule has 0 N–H and O–H groups in total. The SMILES string of the molecule is CCC1(CC)CC(C)[n+]2ccc(C)cc2-c2c1cc(F)c(C#N)c2F. The van der Waals surface area contributed by atoms with E-state index in [2.05, 4.69) is 25.3 Å². The van der Waals surface area contributed by atoms with E-state index in [1.165, 1.54) is 6.07 Å². The first-order valence-corrected chi connectivity index (χ1v) is 8.83. The topological polar surface area (TPSA) is 27.7 Å². The van der Waals surface area contributed by atoms with Gasteiger partial charge < -0.3 is 0 Å². The zero-order valence-corrected chi connectivity index (χ0v) is 15.2. The van der Waals surface area contributed by atoms with E-state index in [0.29, 0.717) is 11.1 Å². The Hall–Kier alpha value is -2.28. The molecule has 3 rings (SSSR count). The molecular formula is C21H23F2N2+. The lowest BCUT2D eigenvalue weighted by Crippen LogP contribution is -2.41. The van der Waals surface area contributed by atoms with Crippen molar-refractivity contribution in [3.63, 3.8) is 0 Å². The van der Waals surface area contributed by atoms with Gasteiger partial charge in [0, 0.05) is 24.0 Å². The van der Waals surface area contributed by atoms with Crippen molar-refractivity contribution < 1.29 is 13.3 Å². The van der Waals surface area contributed by atoms with Crippen molar-refractivity contribution in [2.45, 2.75) is 58.4 Å². The number of fused-ring (bicyclic) bond motifs is 3. The molecule has 1 aliphatic heterocycles. The number of nitriles is 1. The summed E-state index contributed by atoms with van der Waals surface area (Å²) in [4.78, 5) is 0.